The van der Waals surface area contributed by atoms with Gasteiger partial charge in [-0.2, -0.15) is 0 Å². The molecule has 26 heavy (non-hydrogen) atoms. The molecule has 2 bridgehead atoms. The standard InChI is InChI=1S/C20H27NO5/c1-21-8-7-19-11-16(22)20(25-3,26-4)10-13(19)14(21)9-12-5-6-15(24-2)18(23)17(12)19/h5-6,13-14,23H,7-11H2,1-4H3. The number of nitrogens with zero attached hydrogens (tertiary/aromatic N) is 1. The lowest BCUT2D eigenvalue weighted by atomic mass is 9.51. The highest BCUT2D eigenvalue weighted by atomic mass is 16.7. The molecule has 0 amide bonds. The maximum absolute atomic E-state index is 13.1. The second-order valence-corrected chi connectivity index (χ2v) is 7.88. The summed E-state index contributed by atoms with van der Waals surface area (Å²) in [6.45, 7) is 0.900. The number of rotatable bonds is 3. The molecule has 1 saturated carbocycles. The van der Waals surface area contributed by atoms with Crippen LogP contribution in [0.4, 0.5) is 0 Å². The van der Waals surface area contributed by atoms with Gasteiger partial charge in [-0.3, -0.25) is 4.79 Å². The molecule has 2 fully saturated rings. The highest BCUT2D eigenvalue weighted by Gasteiger charge is 2.62. The third-order valence-corrected chi connectivity index (χ3v) is 7.07. The molecule has 1 aromatic carbocycles. The summed E-state index contributed by atoms with van der Waals surface area (Å²) in [5.41, 5.74) is 1.63. The summed E-state index contributed by atoms with van der Waals surface area (Å²) < 4.78 is 16.5. The highest BCUT2D eigenvalue weighted by molar-refractivity contribution is 5.89. The van der Waals surface area contributed by atoms with Crippen LogP contribution in [-0.2, 0) is 26.1 Å². The summed E-state index contributed by atoms with van der Waals surface area (Å²) in [5, 5.41) is 11.0. The lowest BCUT2D eigenvalue weighted by Crippen LogP contribution is -2.66. The molecule has 142 valence electrons. The number of methoxy groups -OCH3 is 3. The first-order chi connectivity index (χ1) is 12.4. The fourth-order valence-electron chi connectivity index (χ4n) is 5.68. The van der Waals surface area contributed by atoms with Crippen molar-refractivity contribution in [2.75, 3.05) is 34.9 Å². The van der Waals surface area contributed by atoms with Crippen molar-refractivity contribution in [3.63, 3.8) is 0 Å². The third kappa shape index (κ3) is 2.12. The predicted molar refractivity (Wildman–Crippen MR) is 95.6 cm³/mol. The van der Waals surface area contributed by atoms with Gasteiger partial charge in [0.25, 0.3) is 0 Å². The van der Waals surface area contributed by atoms with Crippen LogP contribution >= 0.6 is 0 Å². The van der Waals surface area contributed by atoms with E-state index in [9.17, 15) is 9.90 Å². The number of aromatic hydroxyl groups is 1. The Morgan fingerprint density at radius 3 is 2.62 bits per heavy atom. The van der Waals surface area contributed by atoms with Crippen molar-refractivity contribution in [3.8, 4) is 11.5 Å². The number of fused-ring (bicyclic) bond motifs is 1. The van der Waals surface area contributed by atoms with Gasteiger partial charge in [0.05, 0.1) is 7.11 Å². The molecule has 1 saturated heterocycles. The summed E-state index contributed by atoms with van der Waals surface area (Å²) >= 11 is 0. The summed E-state index contributed by atoms with van der Waals surface area (Å²) in [7, 11) is 6.77. The number of hydrogen-bond acceptors (Lipinski definition) is 6. The number of Topliss-reactive ketones (excluding diaryl/α,β-unsaturated/α-hetero) is 1. The second kappa shape index (κ2) is 5.94. The zero-order chi connectivity index (χ0) is 18.7. The number of ether oxygens (including phenoxy) is 3. The summed E-state index contributed by atoms with van der Waals surface area (Å²) in [6.07, 6.45) is 2.49. The van der Waals surface area contributed by atoms with E-state index in [1.807, 2.05) is 12.1 Å². The molecule has 3 aliphatic rings. The Morgan fingerprint density at radius 1 is 1.23 bits per heavy atom. The number of phenolic OH excluding ortho intramolecular Hbond substituents is 1. The number of carbonyl (C=O) groups excluding carboxylic acids is 1. The molecular weight excluding hydrogens is 334 g/mol. The van der Waals surface area contributed by atoms with Crippen molar-refractivity contribution in [3.05, 3.63) is 23.3 Å². The molecular formula is C20H27NO5. The molecule has 1 aliphatic heterocycles. The average Bonchev–Trinajstić information content (AvgIpc) is 2.64. The molecule has 6 heteroatoms. The molecule has 1 heterocycles. The van der Waals surface area contributed by atoms with E-state index in [0.717, 1.165) is 30.5 Å². The Morgan fingerprint density at radius 2 is 1.96 bits per heavy atom. The number of carbonyl (C=O) groups is 1. The lowest BCUT2D eigenvalue weighted by molar-refractivity contribution is -0.234. The maximum Gasteiger partial charge on any atom is 0.228 e. The molecule has 1 aromatic rings. The Bertz CT molecular complexity index is 744. The van der Waals surface area contributed by atoms with Gasteiger partial charge in [-0.25, -0.2) is 0 Å². The molecule has 6 nitrogen and oxygen atoms in total. The van der Waals surface area contributed by atoms with Crippen molar-refractivity contribution >= 4 is 5.78 Å². The quantitative estimate of drug-likeness (QED) is 0.829. The first-order valence-electron chi connectivity index (χ1n) is 9.15. The topological polar surface area (TPSA) is 68.2 Å². The normalized spacial score (nSPS) is 32.7. The number of hydrogen-bond donors (Lipinski definition) is 1. The van der Waals surface area contributed by atoms with Gasteiger partial charge in [0.2, 0.25) is 5.79 Å². The van der Waals surface area contributed by atoms with Crippen LogP contribution in [0.3, 0.4) is 0 Å². The van der Waals surface area contributed by atoms with Crippen LogP contribution in [0.5, 0.6) is 11.5 Å². The number of phenols is 1. The van der Waals surface area contributed by atoms with E-state index in [1.54, 1.807) is 7.11 Å². The Kier molecular flexibility index (Phi) is 4.06. The SMILES string of the molecule is COc1ccc2c(c1O)C13CCN(C)C(C2)C1CC(OC)(OC)C(=O)C3. The zero-order valence-corrected chi connectivity index (χ0v) is 15.9. The van der Waals surface area contributed by atoms with E-state index in [1.165, 1.54) is 14.2 Å². The first kappa shape index (κ1) is 17.8. The van der Waals surface area contributed by atoms with Crippen LogP contribution in [0.1, 0.15) is 30.4 Å². The smallest absolute Gasteiger partial charge is 0.228 e. The zero-order valence-electron chi connectivity index (χ0n) is 15.9. The number of piperidine rings is 1. The first-order valence-corrected chi connectivity index (χ1v) is 9.15. The van der Waals surface area contributed by atoms with Gasteiger partial charge in [-0.05, 0) is 44.0 Å². The van der Waals surface area contributed by atoms with Gasteiger partial charge in [0, 0.05) is 44.1 Å². The van der Waals surface area contributed by atoms with Crippen LogP contribution in [0.25, 0.3) is 0 Å². The molecule has 3 unspecified atom stereocenters. The Hall–Kier alpha value is -1.63. The average molecular weight is 361 g/mol. The van der Waals surface area contributed by atoms with Crippen molar-refractivity contribution in [2.24, 2.45) is 5.92 Å². The van der Waals surface area contributed by atoms with Crippen LogP contribution in [-0.4, -0.2) is 62.5 Å². The minimum atomic E-state index is -1.18. The molecule has 2 aliphatic carbocycles. The fourth-order valence-corrected chi connectivity index (χ4v) is 5.68. The van der Waals surface area contributed by atoms with E-state index in [0.29, 0.717) is 24.6 Å². The maximum atomic E-state index is 13.1. The van der Waals surface area contributed by atoms with E-state index >= 15 is 0 Å². The van der Waals surface area contributed by atoms with Crippen LogP contribution < -0.4 is 4.74 Å². The van der Waals surface area contributed by atoms with Gasteiger partial charge in [0.1, 0.15) is 0 Å². The van der Waals surface area contributed by atoms with Crippen molar-refractivity contribution in [2.45, 2.75) is 42.9 Å². The molecule has 4 rings (SSSR count). The van der Waals surface area contributed by atoms with Crippen LogP contribution in [0, 0.1) is 5.92 Å². The van der Waals surface area contributed by atoms with Crippen molar-refractivity contribution in [1.29, 1.82) is 0 Å². The molecule has 1 N–H and O–H groups in total. The predicted octanol–water partition coefficient (Wildman–Crippen LogP) is 1.87. The minimum absolute atomic E-state index is 0.0443. The van der Waals surface area contributed by atoms with E-state index in [-0.39, 0.29) is 22.9 Å². The number of likely N-dealkylation sites (tertiary alicyclic amines) is 1. The number of benzene rings is 1. The van der Waals surface area contributed by atoms with Gasteiger partial charge in [0.15, 0.2) is 17.3 Å². The van der Waals surface area contributed by atoms with Gasteiger partial charge in [-0.1, -0.05) is 6.07 Å². The monoisotopic (exact) mass is 361 g/mol. The van der Waals surface area contributed by atoms with E-state index in [4.69, 9.17) is 14.2 Å². The highest BCUT2D eigenvalue weighted by Crippen LogP contribution is 2.60. The molecule has 3 atom stereocenters. The second-order valence-electron chi connectivity index (χ2n) is 7.88. The fraction of sp³-hybridized carbons (Fsp3) is 0.650. The molecule has 0 aromatic heterocycles. The third-order valence-electron chi connectivity index (χ3n) is 7.07. The summed E-state index contributed by atoms with van der Waals surface area (Å²) in [5.74, 6) is -0.400. The summed E-state index contributed by atoms with van der Waals surface area (Å²) in [4.78, 5) is 15.5. The number of ketones is 1. The van der Waals surface area contributed by atoms with E-state index < -0.39 is 5.79 Å². The largest absolute Gasteiger partial charge is 0.504 e. The summed E-state index contributed by atoms with van der Waals surface area (Å²) in [6, 6.07) is 4.15. The Labute approximate surface area is 154 Å². The van der Waals surface area contributed by atoms with E-state index in [2.05, 4.69) is 11.9 Å². The number of likely N-dealkylation sites (N-methyl/N-ethyl adjacent to an activating group) is 1. The van der Waals surface area contributed by atoms with Gasteiger partial charge in [-0.15, -0.1) is 0 Å². The lowest BCUT2D eigenvalue weighted by Gasteiger charge is -2.60. The molecule has 0 radical (unpaired) electrons. The molecule has 0 spiro atoms. The van der Waals surface area contributed by atoms with Crippen molar-refractivity contribution < 1.29 is 24.1 Å². The van der Waals surface area contributed by atoms with Gasteiger partial charge >= 0.3 is 0 Å². The van der Waals surface area contributed by atoms with Crippen molar-refractivity contribution in [1.82, 2.24) is 4.90 Å². The van der Waals surface area contributed by atoms with Crippen LogP contribution in [0.2, 0.25) is 0 Å². The van der Waals surface area contributed by atoms with Crippen LogP contribution in [0.15, 0.2) is 12.1 Å². The minimum Gasteiger partial charge on any atom is -0.504 e. The van der Waals surface area contributed by atoms with Gasteiger partial charge < -0.3 is 24.2 Å². The Balaban J connectivity index is 1.92.